The standard InChI is InChI=1S/C11H15N3O2.ClH/c1-11(4-6-12-7-11)10(16)14-9-8(15)3-2-5-13-9;/h2-3,5,12,15H,4,6-7H2,1H3,(H,13,14,16);1H. The monoisotopic (exact) mass is 257 g/mol. The number of nitrogens with one attached hydrogen (secondary N) is 2. The summed E-state index contributed by atoms with van der Waals surface area (Å²) in [5.74, 6) is 0.109. The van der Waals surface area contributed by atoms with Gasteiger partial charge in [-0.2, -0.15) is 0 Å². The molecule has 1 fully saturated rings. The zero-order chi connectivity index (χ0) is 11.6. The maximum Gasteiger partial charge on any atom is 0.232 e. The van der Waals surface area contributed by atoms with Gasteiger partial charge >= 0.3 is 0 Å². The Morgan fingerprint density at radius 2 is 2.41 bits per heavy atom. The highest BCUT2D eigenvalue weighted by molar-refractivity contribution is 5.95. The van der Waals surface area contributed by atoms with Crippen LogP contribution >= 0.6 is 12.4 Å². The number of rotatable bonds is 2. The highest BCUT2D eigenvalue weighted by atomic mass is 35.5. The minimum absolute atomic E-state index is 0. The number of hydrogen-bond acceptors (Lipinski definition) is 4. The molecular formula is C11H16ClN3O2. The van der Waals surface area contributed by atoms with Crippen molar-refractivity contribution in [3.05, 3.63) is 18.3 Å². The molecule has 0 saturated carbocycles. The van der Waals surface area contributed by atoms with Gasteiger partial charge in [-0.15, -0.1) is 12.4 Å². The Balaban J connectivity index is 0.00000144. The van der Waals surface area contributed by atoms with E-state index < -0.39 is 5.41 Å². The quantitative estimate of drug-likeness (QED) is 0.743. The van der Waals surface area contributed by atoms with Gasteiger partial charge in [-0.25, -0.2) is 4.98 Å². The summed E-state index contributed by atoms with van der Waals surface area (Å²) in [6, 6.07) is 3.11. The van der Waals surface area contributed by atoms with E-state index in [0.29, 0.717) is 6.54 Å². The van der Waals surface area contributed by atoms with E-state index in [0.717, 1.165) is 13.0 Å². The first kappa shape index (κ1) is 13.7. The molecule has 3 N–H and O–H groups in total. The van der Waals surface area contributed by atoms with Crippen molar-refractivity contribution in [2.45, 2.75) is 13.3 Å². The van der Waals surface area contributed by atoms with E-state index in [-0.39, 0.29) is 29.9 Å². The summed E-state index contributed by atoms with van der Waals surface area (Å²) in [7, 11) is 0. The number of carbonyl (C=O) groups excluding carboxylic acids is 1. The van der Waals surface area contributed by atoms with Crippen molar-refractivity contribution in [3.63, 3.8) is 0 Å². The number of aromatic nitrogens is 1. The number of aromatic hydroxyl groups is 1. The molecule has 94 valence electrons. The van der Waals surface area contributed by atoms with Crippen LogP contribution in [0.4, 0.5) is 5.82 Å². The summed E-state index contributed by atoms with van der Waals surface area (Å²) in [5, 5.41) is 15.3. The lowest BCUT2D eigenvalue weighted by molar-refractivity contribution is -0.123. The molecule has 1 aromatic rings. The van der Waals surface area contributed by atoms with Crippen LogP contribution in [0.3, 0.4) is 0 Å². The average molecular weight is 258 g/mol. The Hall–Kier alpha value is -1.33. The molecule has 1 aliphatic rings. The minimum atomic E-state index is -0.413. The molecule has 0 bridgehead atoms. The fraction of sp³-hybridized carbons (Fsp3) is 0.455. The Kier molecular flexibility index (Phi) is 4.31. The lowest BCUT2D eigenvalue weighted by atomic mass is 9.89. The lowest BCUT2D eigenvalue weighted by Gasteiger charge is -2.21. The number of amides is 1. The van der Waals surface area contributed by atoms with Gasteiger partial charge in [0.2, 0.25) is 5.91 Å². The maximum absolute atomic E-state index is 12.0. The number of pyridine rings is 1. The Morgan fingerprint density at radius 3 is 3.00 bits per heavy atom. The smallest absolute Gasteiger partial charge is 0.232 e. The van der Waals surface area contributed by atoms with Crippen LogP contribution in [0.1, 0.15) is 13.3 Å². The lowest BCUT2D eigenvalue weighted by Crippen LogP contribution is -2.35. The maximum atomic E-state index is 12.0. The Morgan fingerprint density at radius 1 is 1.65 bits per heavy atom. The summed E-state index contributed by atoms with van der Waals surface area (Å²) in [4.78, 5) is 15.9. The van der Waals surface area contributed by atoms with E-state index in [1.165, 1.54) is 12.3 Å². The van der Waals surface area contributed by atoms with Crippen LogP contribution in [0.15, 0.2) is 18.3 Å². The third-order valence-electron chi connectivity index (χ3n) is 2.94. The van der Waals surface area contributed by atoms with Gasteiger partial charge in [0.05, 0.1) is 5.41 Å². The second-order valence-corrected chi connectivity index (χ2v) is 4.31. The number of carbonyl (C=O) groups is 1. The molecule has 2 heterocycles. The molecule has 1 saturated heterocycles. The molecule has 0 aromatic carbocycles. The second-order valence-electron chi connectivity index (χ2n) is 4.31. The van der Waals surface area contributed by atoms with Gasteiger partial charge in [0.25, 0.3) is 0 Å². The van der Waals surface area contributed by atoms with Crippen LogP contribution in [0.5, 0.6) is 5.75 Å². The molecule has 0 aliphatic carbocycles. The highest BCUT2D eigenvalue weighted by Crippen LogP contribution is 2.27. The second kappa shape index (κ2) is 5.33. The number of hydrogen-bond donors (Lipinski definition) is 3. The molecule has 0 radical (unpaired) electrons. The van der Waals surface area contributed by atoms with Crippen LogP contribution in [0.25, 0.3) is 0 Å². The van der Waals surface area contributed by atoms with E-state index in [1.807, 2.05) is 6.92 Å². The summed E-state index contributed by atoms with van der Waals surface area (Å²) in [6.45, 7) is 3.41. The Bertz CT molecular complexity index is 405. The molecule has 6 heteroatoms. The van der Waals surface area contributed by atoms with Gasteiger partial charge in [0, 0.05) is 12.7 Å². The molecule has 5 nitrogen and oxygen atoms in total. The molecule has 1 atom stereocenters. The van der Waals surface area contributed by atoms with E-state index in [2.05, 4.69) is 15.6 Å². The fourth-order valence-corrected chi connectivity index (χ4v) is 1.76. The summed E-state index contributed by atoms with van der Waals surface area (Å²) in [5.41, 5.74) is -0.413. The highest BCUT2D eigenvalue weighted by Gasteiger charge is 2.36. The SMILES string of the molecule is CC1(C(=O)Nc2ncccc2O)CCNC1.Cl. The third kappa shape index (κ3) is 2.87. The van der Waals surface area contributed by atoms with Gasteiger partial charge in [-0.3, -0.25) is 4.79 Å². The van der Waals surface area contributed by atoms with E-state index in [9.17, 15) is 9.90 Å². The fourth-order valence-electron chi connectivity index (χ4n) is 1.76. The third-order valence-corrected chi connectivity index (χ3v) is 2.94. The van der Waals surface area contributed by atoms with Crippen LogP contribution in [0, 0.1) is 5.41 Å². The Labute approximate surface area is 106 Å². The number of halogens is 1. The van der Waals surface area contributed by atoms with Crippen molar-refractivity contribution in [2.24, 2.45) is 5.41 Å². The van der Waals surface area contributed by atoms with E-state index in [1.54, 1.807) is 6.07 Å². The van der Waals surface area contributed by atoms with Crippen LogP contribution in [-0.2, 0) is 4.79 Å². The van der Waals surface area contributed by atoms with Crippen molar-refractivity contribution >= 4 is 24.1 Å². The molecule has 1 unspecified atom stereocenters. The molecule has 17 heavy (non-hydrogen) atoms. The van der Waals surface area contributed by atoms with Crippen molar-refractivity contribution < 1.29 is 9.90 Å². The molecule has 0 spiro atoms. The number of nitrogens with zero attached hydrogens (tertiary/aromatic N) is 1. The molecule has 1 aliphatic heterocycles. The zero-order valence-electron chi connectivity index (χ0n) is 9.56. The molecule has 2 rings (SSSR count). The molecule has 1 amide bonds. The first-order valence-electron chi connectivity index (χ1n) is 5.28. The summed E-state index contributed by atoms with van der Waals surface area (Å²) in [6.07, 6.45) is 2.33. The van der Waals surface area contributed by atoms with Crippen molar-refractivity contribution in [1.29, 1.82) is 0 Å². The first-order valence-corrected chi connectivity index (χ1v) is 5.28. The predicted octanol–water partition coefficient (Wildman–Crippen LogP) is 1.15. The number of anilines is 1. The van der Waals surface area contributed by atoms with E-state index in [4.69, 9.17) is 0 Å². The van der Waals surface area contributed by atoms with Gasteiger partial charge < -0.3 is 15.7 Å². The van der Waals surface area contributed by atoms with Crippen molar-refractivity contribution in [2.75, 3.05) is 18.4 Å². The largest absolute Gasteiger partial charge is 0.504 e. The molecule has 1 aromatic heterocycles. The predicted molar refractivity (Wildman–Crippen MR) is 67.4 cm³/mol. The van der Waals surface area contributed by atoms with Crippen LogP contribution in [0.2, 0.25) is 0 Å². The topological polar surface area (TPSA) is 74.2 Å². The summed E-state index contributed by atoms with van der Waals surface area (Å²) < 4.78 is 0. The van der Waals surface area contributed by atoms with Gasteiger partial charge in [-0.05, 0) is 32.0 Å². The first-order chi connectivity index (χ1) is 7.62. The van der Waals surface area contributed by atoms with Crippen LogP contribution in [-0.4, -0.2) is 29.1 Å². The van der Waals surface area contributed by atoms with Crippen LogP contribution < -0.4 is 10.6 Å². The van der Waals surface area contributed by atoms with Crippen molar-refractivity contribution in [3.8, 4) is 5.75 Å². The summed E-state index contributed by atoms with van der Waals surface area (Å²) >= 11 is 0. The normalized spacial score (nSPS) is 22.9. The van der Waals surface area contributed by atoms with Gasteiger partial charge in [-0.1, -0.05) is 0 Å². The minimum Gasteiger partial charge on any atom is -0.504 e. The van der Waals surface area contributed by atoms with Gasteiger partial charge in [0.15, 0.2) is 11.6 Å². The van der Waals surface area contributed by atoms with Gasteiger partial charge in [0.1, 0.15) is 0 Å². The van der Waals surface area contributed by atoms with Crippen molar-refractivity contribution in [1.82, 2.24) is 10.3 Å². The average Bonchev–Trinajstić information content (AvgIpc) is 2.70. The van der Waals surface area contributed by atoms with E-state index >= 15 is 0 Å². The zero-order valence-corrected chi connectivity index (χ0v) is 10.4. The molecular weight excluding hydrogens is 242 g/mol.